The van der Waals surface area contributed by atoms with Gasteiger partial charge in [0.2, 0.25) is 5.91 Å². The maximum Gasteiger partial charge on any atom is 0.323 e. The molecule has 0 unspecified atom stereocenters. The Morgan fingerprint density at radius 3 is 2.36 bits per heavy atom. The van der Waals surface area contributed by atoms with Crippen molar-refractivity contribution < 1.29 is 14.7 Å². The first-order chi connectivity index (χ1) is 6.49. The van der Waals surface area contributed by atoms with Crippen molar-refractivity contribution in [1.29, 1.82) is 0 Å². The summed E-state index contributed by atoms with van der Waals surface area (Å²) in [5.74, 6) is -1.13. The summed E-state index contributed by atoms with van der Waals surface area (Å²) < 4.78 is 0. The Morgan fingerprint density at radius 2 is 2.00 bits per heavy atom. The van der Waals surface area contributed by atoms with Crippen molar-refractivity contribution in [3.8, 4) is 0 Å². The predicted octanol–water partition coefficient (Wildman–Crippen LogP) is 0.0469. The number of carboxylic acids is 1. The molecule has 0 aromatic rings. The molecule has 0 aliphatic heterocycles. The highest BCUT2D eigenvalue weighted by Gasteiger charge is 2.18. The highest BCUT2D eigenvalue weighted by molar-refractivity contribution is 5.81. The van der Waals surface area contributed by atoms with E-state index in [9.17, 15) is 9.59 Å². The Morgan fingerprint density at radius 1 is 1.43 bits per heavy atom. The average molecular weight is 202 g/mol. The van der Waals surface area contributed by atoms with Gasteiger partial charge < -0.3 is 15.7 Å². The zero-order chi connectivity index (χ0) is 11.1. The molecular formula is C9H18N2O3. The van der Waals surface area contributed by atoms with E-state index in [1.54, 1.807) is 13.8 Å². The topological polar surface area (TPSA) is 83.6 Å². The maximum absolute atomic E-state index is 11.5. The van der Waals surface area contributed by atoms with Gasteiger partial charge in [0.05, 0.1) is 0 Å². The van der Waals surface area contributed by atoms with E-state index < -0.39 is 5.97 Å². The van der Waals surface area contributed by atoms with Crippen molar-refractivity contribution in [1.82, 2.24) is 4.90 Å². The van der Waals surface area contributed by atoms with Gasteiger partial charge in [-0.2, -0.15) is 0 Å². The van der Waals surface area contributed by atoms with Gasteiger partial charge in [0, 0.05) is 12.5 Å². The molecule has 5 heteroatoms. The second-order valence-corrected chi connectivity index (χ2v) is 3.40. The van der Waals surface area contributed by atoms with Crippen LogP contribution < -0.4 is 5.73 Å². The number of carboxylic acid groups (broad SMARTS) is 1. The van der Waals surface area contributed by atoms with Crippen molar-refractivity contribution in [2.75, 3.05) is 13.1 Å². The van der Waals surface area contributed by atoms with Crippen LogP contribution in [0.4, 0.5) is 0 Å². The number of hydrogen-bond acceptors (Lipinski definition) is 3. The lowest BCUT2D eigenvalue weighted by molar-refractivity contribution is -0.145. The predicted molar refractivity (Wildman–Crippen MR) is 52.8 cm³/mol. The SMILES string of the molecule is CC(C)N(CC(=O)O)C(=O)CCCN. The number of rotatable bonds is 6. The average Bonchev–Trinajstić information content (AvgIpc) is 2.09. The molecule has 0 aliphatic rings. The highest BCUT2D eigenvalue weighted by atomic mass is 16.4. The van der Waals surface area contributed by atoms with Gasteiger partial charge in [-0.05, 0) is 26.8 Å². The van der Waals surface area contributed by atoms with Gasteiger partial charge in [-0.3, -0.25) is 9.59 Å². The van der Waals surface area contributed by atoms with Gasteiger partial charge in [0.1, 0.15) is 6.54 Å². The summed E-state index contributed by atoms with van der Waals surface area (Å²) in [6.45, 7) is 3.80. The monoisotopic (exact) mass is 202 g/mol. The number of nitrogens with zero attached hydrogens (tertiary/aromatic N) is 1. The van der Waals surface area contributed by atoms with Gasteiger partial charge >= 0.3 is 5.97 Å². The van der Waals surface area contributed by atoms with E-state index in [4.69, 9.17) is 10.8 Å². The third-order valence-electron chi connectivity index (χ3n) is 1.84. The zero-order valence-corrected chi connectivity index (χ0v) is 8.69. The van der Waals surface area contributed by atoms with Crippen molar-refractivity contribution in [3.05, 3.63) is 0 Å². The van der Waals surface area contributed by atoms with Crippen LogP contribution in [-0.2, 0) is 9.59 Å². The lowest BCUT2D eigenvalue weighted by Gasteiger charge is -2.24. The minimum atomic E-state index is -0.986. The lowest BCUT2D eigenvalue weighted by Crippen LogP contribution is -2.40. The smallest absolute Gasteiger partial charge is 0.323 e. The Kier molecular flexibility index (Phi) is 5.87. The zero-order valence-electron chi connectivity index (χ0n) is 8.69. The van der Waals surface area contributed by atoms with Gasteiger partial charge in [-0.1, -0.05) is 0 Å². The fraction of sp³-hybridized carbons (Fsp3) is 0.778. The molecule has 1 amide bonds. The first-order valence-corrected chi connectivity index (χ1v) is 4.70. The number of carbonyl (C=O) groups is 2. The second-order valence-electron chi connectivity index (χ2n) is 3.40. The molecule has 0 heterocycles. The van der Waals surface area contributed by atoms with Crippen LogP contribution in [0.3, 0.4) is 0 Å². The van der Waals surface area contributed by atoms with Gasteiger partial charge in [-0.15, -0.1) is 0 Å². The van der Waals surface area contributed by atoms with E-state index in [2.05, 4.69) is 0 Å². The van der Waals surface area contributed by atoms with Crippen LogP contribution in [0, 0.1) is 0 Å². The summed E-state index contributed by atoms with van der Waals surface area (Å²) in [4.78, 5) is 23.3. The molecule has 0 spiro atoms. The lowest BCUT2D eigenvalue weighted by atomic mass is 10.2. The van der Waals surface area contributed by atoms with Gasteiger partial charge in [-0.25, -0.2) is 0 Å². The van der Waals surface area contributed by atoms with E-state index in [0.717, 1.165) is 0 Å². The minimum Gasteiger partial charge on any atom is -0.480 e. The van der Waals surface area contributed by atoms with Crippen LogP contribution in [0.25, 0.3) is 0 Å². The molecule has 0 rings (SSSR count). The molecule has 3 N–H and O–H groups in total. The van der Waals surface area contributed by atoms with E-state index in [0.29, 0.717) is 19.4 Å². The number of carbonyl (C=O) groups excluding carboxylic acids is 1. The Balaban J connectivity index is 4.19. The summed E-state index contributed by atoms with van der Waals surface area (Å²) in [6, 6.07) is -0.0867. The molecule has 0 aliphatic carbocycles. The van der Waals surface area contributed by atoms with Gasteiger partial charge in [0.25, 0.3) is 0 Å². The third-order valence-corrected chi connectivity index (χ3v) is 1.84. The first kappa shape index (κ1) is 12.9. The number of nitrogens with two attached hydrogens (primary N) is 1. The van der Waals surface area contributed by atoms with E-state index in [1.807, 2.05) is 0 Å². The van der Waals surface area contributed by atoms with Crippen LogP contribution in [0.15, 0.2) is 0 Å². The fourth-order valence-corrected chi connectivity index (χ4v) is 1.10. The largest absolute Gasteiger partial charge is 0.480 e. The molecule has 0 radical (unpaired) electrons. The summed E-state index contributed by atoms with van der Waals surface area (Å²) >= 11 is 0. The highest BCUT2D eigenvalue weighted by Crippen LogP contribution is 2.02. The molecule has 0 atom stereocenters. The molecule has 14 heavy (non-hydrogen) atoms. The van der Waals surface area contributed by atoms with E-state index in [1.165, 1.54) is 4.90 Å². The van der Waals surface area contributed by atoms with Crippen molar-refractivity contribution in [2.45, 2.75) is 32.7 Å². The van der Waals surface area contributed by atoms with Crippen molar-refractivity contribution in [3.63, 3.8) is 0 Å². The summed E-state index contributed by atoms with van der Waals surface area (Å²) in [6.07, 6.45) is 0.920. The molecular weight excluding hydrogens is 184 g/mol. The van der Waals surface area contributed by atoms with Crippen molar-refractivity contribution >= 4 is 11.9 Å². The summed E-state index contributed by atoms with van der Waals surface area (Å²) in [7, 11) is 0. The summed E-state index contributed by atoms with van der Waals surface area (Å²) in [5, 5.41) is 8.59. The van der Waals surface area contributed by atoms with Crippen LogP contribution in [0.5, 0.6) is 0 Å². The molecule has 0 aromatic carbocycles. The fourth-order valence-electron chi connectivity index (χ4n) is 1.10. The second kappa shape index (κ2) is 6.37. The number of aliphatic carboxylic acids is 1. The normalized spacial score (nSPS) is 10.3. The number of hydrogen-bond donors (Lipinski definition) is 2. The van der Waals surface area contributed by atoms with Crippen LogP contribution >= 0.6 is 0 Å². The van der Waals surface area contributed by atoms with E-state index in [-0.39, 0.29) is 18.5 Å². The van der Waals surface area contributed by atoms with Crippen LogP contribution in [0.2, 0.25) is 0 Å². The van der Waals surface area contributed by atoms with Crippen molar-refractivity contribution in [2.24, 2.45) is 5.73 Å². The number of amides is 1. The quantitative estimate of drug-likeness (QED) is 0.637. The standard InChI is InChI=1S/C9H18N2O3/c1-7(2)11(6-9(13)14)8(12)4-3-5-10/h7H,3-6,10H2,1-2H3,(H,13,14). The maximum atomic E-state index is 11.5. The minimum absolute atomic E-state index is 0.0867. The Hall–Kier alpha value is -1.10. The molecule has 5 nitrogen and oxygen atoms in total. The summed E-state index contributed by atoms with van der Waals surface area (Å²) in [5.41, 5.74) is 5.27. The Bertz CT molecular complexity index is 204. The third kappa shape index (κ3) is 4.81. The molecule has 0 saturated carbocycles. The molecule has 0 saturated heterocycles. The van der Waals surface area contributed by atoms with E-state index >= 15 is 0 Å². The van der Waals surface area contributed by atoms with Gasteiger partial charge in [0.15, 0.2) is 0 Å². The molecule has 0 aromatic heterocycles. The van der Waals surface area contributed by atoms with Crippen LogP contribution in [0.1, 0.15) is 26.7 Å². The molecule has 82 valence electrons. The van der Waals surface area contributed by atoms with Crippen LogP contribution in [-0.4, -0.2) is 41.0 Å². The first-order valence-electron chi connectivity index (χ1n) is 4.70. The molecule has 0 bridgehead atoms. The molecule has 0 fully saturated rings. The Labute approximate surface area is 83.9 Å².